The smallest absolute Gasteiger partial charge is 0.358 e. The number of halogens is 1. The molecule has 148 valence electrons. The maximum absolute atomic E-state index is 12.5. The topological polar surface area (TPSA) is 88.2 Å². The molecule has 2 heterocycles. The zero-order valence-electron chi connectivity index (χ0n) is 15.6. The fourth-order valence-electron chi connectivity index (χ4n) is 3.31. The quantitative estimate of drug-likeness (QED) is 0.724. The summed E-state index contributed by atoms with van der Waals surface area (Å²) in [5, 5.41) is 7.31. The summed E-state index contributed by atoms with van der Waals surface area (Å²) in [6, 6.07) is 6.45. The summed E-state index contributed by atoms with van der Waals surface area (Å²) in [5.74, 6) is 2.75. The van der Waals surface area contributed by atoms with Crippen LogP contribution in [-0.2, 0) is 23.5 Å². The molecule has 27 heavy (non-hydrogen) atoms. The molecular formula is C18H25FN4O3S. The number of hydrogen-bond acceptors (Lipinski definition) is 6. The van der Waals surface area contributed by atoms with E-state index in [1.54, 1.807) is 12.1 Å². The Labute approximate surface area is 159 Å². The summed E-state index contributed by atoms with van der Waals surface area (Å²) in [4.78, 5) is 6.92. The van der Waals surface area contributed by atoms with E-state index in [9.17, 15) is 12.3 Å². The largest absolute Gasteiger partial charge is 0.488 e. The Bertz CT molecular complexity index is 844. The minimum Gasteiger partial charge on any atom is -0.358 e. The molecule has 7 nitrogen and oxygen atoms in total. The van der Waals surface area contributed by atoms with Crippen molar-refractivity contribution in [2.75, 3.05) is 13.1 Å². The summed E-state index contributed by atoms with van der Waals surface area (Å²) in [5.41, 5.74) is 1.04. The number of piperidine rings is 1. The average Bonchev–Trinajstić information content (AvgIpc) is 3.06. The molecule has 1 N–H and O–H groups in total. The Morgan fingerprint density at radius 2 is 1.93 bits per heavy atom. The molecule has 1 fully saturated rings. The van der Waals surface area contributed by atoms with Crippen molar-refractivity contribution in [2.45, 2.75) is 45.6 Å². The minimum atomic E-state index is -4.98. The maximum atomic E-state index is 12.5. The highest BCUT2D eigenvalue weighted by Crippen LogP contribution is 2.23. The van der Waals surface area contributed by atoms with E-state index in [0.717, 1.165) is 56.1 Å². The number of nitrogens with zero attached hydrogens (tertiary/aromatic N) is 3. The number of aromatic nitrogens is 3. The van der Waals surface area contributed by atoms with E-state index in [-0.39, 0.29) is 5.75 Å². The highest BCUT2D eigenvalue weighted by molar-refractivity contribution is 7.81. The number of hydrogen-bond donors (Lipinski definition) is 1. The molecule has 2 aromatic rings. The van der Waals surface area contributed by atoms with E-state index < -0.39 is 10.5 Å². The fourth-order valence-corrected chi connectivity index (χ4v) is 3.65. The first kappa shape index (κ1) is 19.8. The highest BCUT2D eigenvalue weighted by atomic mass is 32.3. The SMILES string of the molecule is CC(C)c1n[nH]c(CC2CCN(Cc3ccc(OS(=O)(=O)F)cc3)CC2)n1. The lowest BCUT2D eigenvalue weighted by atomic mass is 9.93. The van der Waals surface area contributed by atoms with Crippen LogP contribution in [0.4, 0.5) is 3.89 Å². The van der Waals surface area contributed by atoms with E-state index in [4.69, 9.17) is 0 Å². The summed E-state index contributed by atoms with van der Waals surface area (Å²) in [7, 11) is -4.98. The zero-order valence-corrected chi connectivity index (χ0v) is 16.4. The molecule has 0 aliphatic carbocycles. The molecule has 0 atom stereocenters. The molecule has 0 bridgehead atoms. The van der Waals surface area contributed by atoms with Gasteiger partial charge in [-0.1, -0.05) is 29.9 Å². The van der Waals surface area contributed by atoms with Gasteiger partial charge in [-0.3, -0.25) is 10.00 Å². The van der Waals surface area contributed by atoms with Gasteiger partial charge in [-0.2, -0.15) is 13.5 Å². The first-order valence-corrected chi connectivity index (χ1v) is 10.5. The van der Waals surface area contributed by atoms with Gasteiger partial charge in [0.1, 0.15) is 11.6 Å². The second kappa shape index (κ2) is 8.35. The Morgan fingerprint density at radius 1 is 1.26 bits per heavy atom. The zero-order chi connectivity index (χ0) is 19.4. The third kappa shape index (κ3) is 6.00. The van der Waals surface area contributed by atoms with Gasteiger partial charge in [-0.15, -0.1) is 0 Å². The van der Waals surface area contributed by atoms with Crippen molar-refractivity contribution in [1.29, 1.82) is 0 Å². The lowest BCUT2D eigenvalue weighted by molar-refractivity contribution is 0.176. The van der Waals surface area contributed by atoms with E-state index in [2.05, 4.69) is 38.1 Å². The number of H-pyrrole nitrogens is 1. The van der Waals surface area contributed by atoms with Crippen molar-refractivity contribution in [1.82, 2.24) is 20.1 Å². The molecule has 1 aliphatic rings. The van der Waals surface area contributed by atoms with Crippen LogP contribution in [0.25, 0.3) is 0 Å². The highest BCUT2D eigenvalue weighted by Gasteiger charge is 2.21. The van der Waals surface area contributed by atoms with Crippen LogP contribution in [0.15, 0.2) is 24.3 Å². The van der Waals surface area contributed by atoms with Gasteiger partial charge in [-0.05, 0) is 49.5 Å². The minimum absolute atomic E-state index is 0.0206. The second-order valence-electron chi connectivity index (χ2n) is 7.34. The number of nitrogens with one attached hydrogen (secondary N) is 1. The molecule has 9 heteroatoms. The van der Waals surface area contributed by atoms with Crippen molar-refractivity contribution >= 4 is 10.5 Å². The van der Waals surface area contributed by atoms with Crippen molar-refractivity contribution in [3.05, 3.63) is 41.5 Å². The number of benzene rings is 1. The van der Waals surface area contributed by atoms with Gasteiger partial charge in [0.15, 0.2) is 5.82 Å². The van der Waals surface area contributed by atoms with Crippen LogP contribution in [0.3, 0.4) is 0 Å². The maximum Gasteiger partial charge on any atom is 0.488 e. The molecule has 0 amide bonds. The van der Waals surface area contributed by atoms with Gasteiger partial charge in [0.25, 0.3) is 0 Å². The summed E-state index contributed by atoms with van der Waals surface area (Å²) < 4.78 is 37.7. The van der Waals surface area contributed by atoms with E-state index in [0.29, 0.717) is 11.8 Å². The van der Waals surface area contributed by atoms with E-state index >= 15 is 0 Å². The van der Waals surface area contributed by atoms with E-state index in [1.165, 1.54) is 12.1 Å². The molecule has 0 saturated carbocycles. The van der Waals surface area contributed by atoms with Crippen molar-refractivity contribution in [3.8, 4) is 5.75 Å². The summed E-state index contributed by atoms with van der Waals surface area (Å²) in [6.45, 7) is 6.93. The van der Waals surface area contributed by atoms with Crippen LogP contribution in [0.1, 0.15) is 49.8 Å². The van der Waals surface area contributed by atoms with Gasteiger partial charge in [0.2, 0.25) is 0 Å². The third-order valence-corrected chi connectivity index (χ3v) is 5.17. The van der Waals surface area contributed by atoms with Gasteiger partial charge < -0.3 is 4.18 Å². The molecule has 1 saturated heterocycles. The third-order valence-electron chi connectivity index (χ3n) is 4.78. The molecule has 0 unspecified atom stereocenters. The van der Waals surface area contributed by atoms with Crippen molar-refractivity contribution < 1.29 is 16.5 Å². The van der Waals surface area contributed by atoms with Crippen LogP contribution in [0, 0.1) is 5.92 Å². The monoisotopic (exact) mass is 396 g/mol. The average molecular weight is 396 g/mol. The Morgan fingerprint density at radius 3 is 2.48 bits per heavy atom. The molecule has 1 aromatic carbocycles. The van der Waals surface area contributed by atoms with Gasteiger partial charge in [-0.25, -0.2) is 4.98 Å². The Balaban J connectivity index is 1.46. The molecule has 3 rings (SSSR count). The second-order valence-corrected chi connectivity index (χ2v) is 8.29. The lowest BCUT2D eigenvalue weighted by Gasteiger charge is -2.31. The Kier molecular flexibility index (Phi) is 6.11. The fraction of sp³-hybridized carbons (Fsp3) is 0.556. The molecular weight excluding hydrogens is 371 g/mol. The molecule has 0 radical (unpaired) electrons. The molecule has 1 aliphatic heterocycles. The van der Waals surface area contributed by atoms with Crippen LogP contribution in [0.5, 0.6) is 5.75 Å². The first-order valence-electron chi connectivity index (χ1n) is 9.15. The van der Waals surface area contributed by atoms with Gasteiger partial charge >= 0.3 is 10.5 Å². The standard InChI is InChI=1S/C18H25FN4O3S/c1-13(2)18-20-17(21-22-18)11-14-7-9-23(10-8-14)12-15-3-5-16(6-4-15)26-27(19,24)25/h3-6,13-14H,7-12H2,1-2H3,(H,20,21,22). The normalized spacial score (nSPS) is 16.7. The summed E-state index contributed by atoms with van der Waals surface area (Å²) >= 11 is 0. The van der Waals surface area contributed by atoms with Gasteiger partial charge in [0, 0.05) is 18.9 Å². The van der Waals surface area contributed by atoms with Crippen molar-refractivity contribution in [3.63, 3.8) is 0 Å². The van der Waals surface area contributed by atoms with Crippen molar-refractivity contribution in [2.24, 2.45) is 5.92 Å². The predicted molar refractivity (Wildman–Crippen MR) is 99.3 cm³/mol. The van der Waals surface area contributed by atoms with Crippen LogP contribution in [-0.4, -0.2) is 41.6 Å². The molecule has 1 aromatic heterocycles. The van der Waals surface area contributed by atoms with Crippen LogP contribution < -0.4 is 4.18 Å². The van der Waals surface area contributed by atoms with Crippen LogP contribution >= 0.6 is 0 Å². The molecule has 0 spiro atoms. The predicted octanol–water partition coefficient (Wildman–Crippen LogP) is 2.98. The lowest BCUT2D eigenvalue weighted by Crippen LogP contribution is -2.34. The van der Waals surface area contributed by atoms with Crippen LogP contribution in [0.2, 0.25) is 0 Å². The number of aromatic amines is 1. The number of likely N-dealkylation sites (tertiary alicyclic amines) is 1. The summed E-state index contributed by atoms with van der Waals surface area (Å²) in [6.07, 6.45) is 3.12. The van der Waals surface area contributed by atoms with Gasteiger partial charge in [0.05, 0.1) is 0 Å². The first-order chi connectivity index (χ1) is 12.8. The Hall–Kier alpha value is -2.00. The number of rotatable bonds is 7. The van der Waals surface area contributed by atoms with E-state index in [1.807, 2.05) is 0 Å².